The number of ether oxygens (including phenoxy) is 1. The number of carbonyl (C=O) groups excluding carboxylic acids is 2. The minimum absolute atomic E-state index is 0.101. The molecule has 0 unspecified atom stereocenters. The quantitative estimate of drug-likeness (QED) is 0.419. The number of benzene rings is 2. The van der Waals surface area contributed by atoms with Crippen LogP contribution in [0.2, 0.25) is 0 Å². The zero-order valence-electron chi connectivity index (χ0n) is 23.9. The van der Waals surface area contributed by atoms with Gasteiger partial charge in [0.05, 0.1) is 11.4 Å². The Morgan fingerprint density at radius 1 is 1.05 bits per heavy atom. The van der Waals surface area contributed by atoms with E-state index in [0.717, 1.165) is 55.0 Å². The van der Waals surface area contributed by atoms with Crippen molar-refractivity contribution in [2.45, 2.75) is 58.5 Å². The lowest BCUT2D eigenvalue weighted by molar-refractivity contribution is -0.128. The second kappa shape index (κ2) is 12.2. The van der Waals surface area contributed by atoms with Crippen LogP contribution in [0, 0.1) is 5.92 Å². The maximum atomic E-state index is 13.2. The Kier molecular flexibility index (Phi) is 8.45. The average molecular weight is 542 g/mol. The summed E-state index contributed by atoms with van der Waals surface area (Å²) >= 11 is 0. The number of hydrogen-bond donors (Lipinski definition) is 1. The van der Waals surface area contributed by atoms with Crippen molar-refractivity contribution in [3.05, 3.63) is 71.4 Å². The van der Waals surface area contributed by atoms with Gasteiger partial charge in [0, 0.05) is 42.2 Å². The molecule has 0 spiro atoms. The Bertz CT molecular complexity index is 1330. The van der Waals surface area contributed by atoms with E-state index in [1.54, 1.807) is 6.07 Å². The molecule has 1 N–H and O–H groups in total. The highest BCUT2D eigenvalue weighted by Crippen LogP contribution is 2.31. The smallest absolute Gasteiger partial charge is 0.251 e. The zero-order chi connectivity index (χ0) is 28.2. The summed E-state index contributed by atoms with van der Waals surface area (Å²) in [6.07, 6.45) is 2.45. The van der Waals surface area contributed by atoms with Crippen molar-refractivity contribution >= 4 is 11.8 Å². The van der Waals surface area contributed by atoms with E-state index in [-0.39, 0.29) is 17.9 Å². The van der Waals surface area contributed by atoms with Crippen LogP contribution in [0.1, 0.15) is 67.6 Å². The van der Waals surface area contributed by atoms with E-state index >= 15 is 0 Å². The fourth-order valence-electron chi connectivity index (χ4n) is 5.30. The van der Waals surface area contributed by atoms with Gasteiger partial charge in [0.15, 0.2) is 0 Å². The van der Waals surface area contributed by atoms with E-state index in [4.69, 9.17) is 4.74 Å². The van der Waals surface area contributed by atoms with Gasteiger partial charge in [-0.25, -0.2) is 0 Å². The van der Waals surface area contributed by atoms with Crippen LogP contribution in [-0.2, 0) is 11.3 Å². The van der Waals surface area contributed by atoms with Gasteiger partial charge in [-0.15, -0.1) is 0 Å². The highest BCUT2D eigenvalue weighted by atomic mass is 16.5. The number of aromatic nitrogens is 2. The molecule has 0 bridgehead atoms. The SMILES string of the molecule is CC(C)c1ccc(-c2ccc(Oc3cc(C(=O)NC4CCN(C)CC4)ccc3CN3C[C@@H](C)CC3=O)cc2)nn1. The fraction of sp³-hybridized carbons (Fsp3) is 0.438. The number of rotatable bonds is 8. The molecule has 3 aromatic rings. The van der Waals surface area contributed by atoms with E-state index in [2.05, 4.69) is 48.2 Å². The van der Waals surface area contributed by atoms with Crippen LogP contribution in [0.5, 0.6) is 11.5 Å². The van der Waals surface area contributed by atoms with Gasteiger partial charge >= 0.3 is 0 Å². The standard InChI is InChI=1S/C32H39N5O3/c1-21(2)28-11-12-29(35-34-28)23-7-9-27(10-8-23)40-30-18-24(32(39)33-26-13-15-36(4)16-14-26)5-6-25(30)20-37-19-22(3)17-31(37)38/h5-12,18,21-22,26H,13-17,19-20H2,1-4H3,(H,33,39)/t22-/m0/s1. The Morgan fingerprint density at radius 3 is 2.42 bits per heavy atom. The number of nitrogens with zero attached hydrogens (tertiary/aromatic N) is 4. The number of nitrogens with one attached hydrogen (secondary N) is 1. The number of amides is 2. The van der Waals surface area contributed by atoms with E-state index in [1.807, 2.05) is 53.4 Å². The van der Waals surface area contributed by atoms with Gasteiger partial charge < -0.3 is 19.9 Å². The van der Waals surface area contributed by atoms with Crippen molar-refractivity contribution < 1.29 is 14.3 Å². The van der Waals surface area contributed by atoms with E-state index < -0.39 is 0 Å². The molecule has 40 heavy (non-hydrogen) atoms. The first-order chi connectivity index (χ1) is 19.2. The molecule has 1 atom stereocenters. The molecule has 0 saturated carbocycles. The van der Waals surface area contributed by atoms with Gasteiger partial charge in [-0.3, -0.25) is 9.59 Å². The van der Waals surface area contributed by atoms with E-state index in [9.17, 15) is 9.59 Å². The molecular formula is C32H39N5O3. The minimum atomic E-state index is -0.101. The monoisotopic (exact) mass is 541 g/mol. The number of carbonyl (C=O) groups is 2. The first-order valence-electron chi connectivity index (χ1n) is 14.3. The normalized spacial score (nSPS) is 18.4. The number of likely N-dealkylation sites (tertiary alicyclic amines) is 2. The Labute approximate surface area is 236 Å². The Balaban J connectivity index is 1.35. The predicted octanol–water partition coefficient (Wildman–Crippen LogP) is 5.25. The van der Waals surface area contributed by atoms with E-state index in [1.165, 1.54) is 0 Å². The van der Waals surface area contributed by atoms with Gasteiger partial charge in [0.2, 0.25) is 5.91 Å². The summed E-state index contributed by atoms with van der Waals surface area (Å²) in [5, 5.41) is 11.9. The molecule has 0 aliphatic carbocycles. The summed E-state index contributed by atoms with van der Waals surface area (Å²) in [5.74, 6) is 1.93. The van der Waals surface area contributed by atoms with Gasteiger partial charge in [0.1, 0.15) is 11.5 Å². The summed E-state index contributed by atoms with van der Waals surface area (Å²) in [6, 6.07) is 17.4. The maximum absolute atomic E-state index is 13.2. The van der Waals surface area contributed by atoms with Crippen molar-refractivity contribution in [3.63, 3.8) is 0 Å². The van der Waals surface area contributed by atoms with Crippen molar-refractivity contribution in [2.75, 3.05) is 26.7 Å². The van der Waals surface area contributed by atoms with Gasteiger partial charge in [-0.05, 0) is 93.3 Å². The van der Waals surface area contributed by atoms with Crippen LogP contribution < -0.4 is 10.1 Å². The fourth-order valence-corrected chi connectivity index (χ4v) is 5.30. The van der Waals surface area contributed by atoms with Crippen molar-refractivity contribution in [1.29, 1.82) is 0 Å². The van der Waals surface area contributed by atoms with Crippen LogP contribution in [0.25, 0.3) is 11.3 Å². The molecule has 8 heteroatoms. The topological polar surface area (TPSA) is 87.7 Å². The van der Waals surface area contributed by atoms with Crippen molar-refractivity contribution in [3.8, 4) is 22.8 Å². The molecule has 210 valence electrons. The second-order valence-electron chi connectivity index (χ2n) is 11.6. The molecule has 8 nitrogen and oxygen atoms in total. The molecule has 2 aliphatic rings. The first-order valence-corrected chi connectivity index (χ1v) is 14.3. The largest absolute Gasteiger partial charge is 0.457 e. The van der Waals surface area contributed by atoms with Crippen molar-refractivity contribution in [2.24, 2.45) is 5.92 Å². The summed E-state index contributed by atoms with van der Waals surface area (Å²) in [7, 11) is 2.11. The highest BCUT2D eigenvalue weighted by Gasteiger charge is 2.27. The molecule has 2 saturated heterocycles. The third-order valence-corrected chi connectivity index (χ3v) is 7.81. The van der Waals surface area contributed by atoms with Gasteiger partial charge in [0.25, 0.3) is 5.91 Å². The molecule has 2 aliphatic heterocycles. The third-order valence-electron chi connectivity index (χ3n) is 7.81. The van der Waals surface area contributed by atoms with E-state index in [0.29, 0.717) is 41.9 Å². The van der Waals surface area contributed by atoms with Crippen LogP contribution >= 0.6 is 0 Å². The summed E-state index contributed by atoms with van der Waals surface area (Å²) in [6.45, 7) is 9.41. The molecular weight excluding hydrogens is 502 g/mol. The second-order valence-corrected chi connectivity index (χ2v) is 11.6. The molecule has 0 radical (unpaired) electrons. The summed E-state index contributed by atoms with van der Waals surface area (Å²) in [5.41, 5.74) is 4.12. The molecule has 2 aromatic carbocycles. The Morgan fingerprint density at radius 2 is 1.80 bits per heavy atom. The highest BCUT2D eigenvalue weighted by molar-refractivity contribution is 5.95. The van der Waals surface area contributed by atoms with Crippen LogP contribution in [0.15, 0.2) is 54.6 Å². The summed E-state index contributed by atoms with van der Waals surface area (Å²) in [4.78, 5) is 29.8. The van der Waals surface area contributed by atoms with Gasteiger partial charge in [-0.1, -0.05) is 26.8 Å². The maximum Gasteiger partial charge on any atom is 0.251 e. The molecule has 2 fully saturated rings. The lowest BCUT2D eigenvalue weighted by atomic mass is 10.0. The third kappa shape index (κ3) is 6.67. The molecule has 1 aromatic heterocycles. The van der Waals surface area contributed by atoms with Crippen LogP contribution in [-0.4, -0.2) is 64.5 Å². The van der Waals surface area contributed by atoms with Crippen LogP contribution in [0.4, 0.5) is 0 Å². The first kappa shape index (κ1) is 27.8. The molecule has 2 amide bonds. The summed E-state index contributed by atoms with van der Waals surface area (Å²) < 4.78 is 6.36. The molecule has 3 heterocycles. The number of hydrogen-bond acceptors (Lipinski definition) is 6. The molecule has 5 rings (SSSR count). The lowest BCUT2D eigenvalue weighted by Crippen LogP contribution is -2.43. The predicted molar refractivity (Wildman–Crippen MR) is 155 cm³/mol. The van der Waals surface area contributed by atoms with Crippen molar-refractivity contribution in [1.82, 2.24) is 25.3 Å². The van der Waals surface area contributed by atoms with Crippen LogP contribution in [0.3, 0.4) is 0 Å². The van der Waals surface area contributed by atoms with Gasteiger partial charge in [-0.2, -0.15) is 10.2 Å². The Hall–Kier alpha value is -3.78. The number of piperidine rings is 1. The zero-order valence-corrected chi connectivity index (χ0v) is 23.9. The minimum Gasteiger partial charge on any atom is -0.457 e. The average Bonchev–Trinajstić information content (AvgIpc) is 3.27. The lowest BCUT2D eigenvalue weighted by Gasteiger charge is -2.29.